The molecule has 0 aromatic carbocycles. The van der Waals surface area contributed by atoms with Gasteiger partial charge in [0.25, 0.3) is 0 Å². The van der Waals surface area contributed by atoms with Gasteiger partial charge in [-0.15, -0.1) is 0 Å². The molecule has 0 N–H and O–H groups in total. The monoisotopic (exact) mass is 168 g/mol. The van der Waals surface area contributed by atoms with Crippen LogP contribution in [0.4, 0.5) is 0 Å². The van der Waals surface area contributed by atoms with E-state index in [-0.39, 0.29) is 36.3 Å². The fourth-order valence-electron chi connectivity index (χ4n) is 2.54. The number of carbonyl (C=O) groups excluding carboxylic acids is 1. The molecule has 3 nitrogen and oxygen atoms in total. The fourth-order valence-corrected chi connectivity index (χ4v) is 2.54. The minimum Gasteiger partial charge on any atom is -0.368 e. The maximum atomic E-state index is 11.6. The molecular formula is C9H12O3. The molecule has 3 aliphatic heterocycles. The summed E-state index contributed by atoms with van der Waals surface area (Å²) in [6.07, 6.45) is 0.588. The van der Waals surface area contributed by atoms with Gasteiger partial charge >= 0.3 is 0 Å². The third-order valence-electron chi connectivity index (χ3n) is 3.41. The molecule has 0 radical (unpaired) electrons. The maximum Gasteiger partial charge on any atom is 0.143 e. The SMILES string of the molecule is CC1C(=O)C(C)[C@@H]2O[C@H]1[C@H]1O[C@H]12. The average Bonchev–Trinajstić information content (AvgIpc) is 2.76. The van der Waals surface area contributed by atoms with Crippen LogP contribution in [0.15, 0.2) is 0 Å². The third kappa shape index (κ3) is 0.627. The van der Waals surface area contributed by atoms with Gasteiger partial charge in [0.05, 0.1) is 12.2 Å². The Morgan fingerprint density at radius 2 is 1.33 bits per heavy atom. The molecule has 66 valence electrons. The van der Waals surface area contributed by atoms with Gasteiger partial charge in [-0.25, -0.2) is 0 Å². The van der Waals surface area contributed by atoms with Crippen LogP contribution >= 0.6 is 0 Å². The lowest BCUT2D eigenvalue weighted by atomic mass is 9.88. The molecule has 3 heterocycles. The number of hydrogen-bond donors (Lipinski definition) is 0. The van der Waals surface area contributed by atoms with Crippen molar-refractivity contribution >= 4 is 5.78 Å². The molecule has 12 heavy (non-hydrogen) atoms. The normalized spacial score (nSPS) is 61.7. The first-order chi connectivity index (χ1) is 5.70. The number of fused-ring (bicyclic) bond motifs is 5. The zero-order valence-corrected chi connectivity index (χ0v) is 7.19. The number of rotatable bonds is 0. The van der Waals surface area contributed by atoms with Crippen molar-refractivity contribution in [2.75, 3.05) is 0 Å². The summed E-state index contributed by atoms with van der Waals surface area (Å²) in [6.45, 7) is 3.90. The highest BCUT2D eigenvalue weighted by Crippen LogP contribution is 2.49. The largest absolute Gasteiger partial charge is 0.368 e. The number of Topliss-reactive ketones (excluding diaryl/α,β-unsaturated/α-hetero) is 1. The number of hydrogen-bond acceptors (Lipinski definition) is 3. The summed E-state index contributed by atoms with van der Waals surface area (Å²) in [6, 6.07) is 0. The van der Waals surface area contributed by atoms with E-state index in [9.17, 15) is 4.79 Å². The zero-order valence-electron chi connectivity index (χ0n) is 7.19. The van der Waals surface area contributed by atoms with Gasteiger partial charge in [-0.2, -0.15) is 0 Å². The topological polar surface area (TPSA) is 38.8 Å². The lowest BCUT2D eigenvalue weighted by Gasteiger charge is -2.32. The highest BCUT2D eigenvalue weighted by Gasteiger charge is 2.65. The zero-order chi connectivity index (χ0) is 8.46. The molecule has 0 aromatic heterocycles. The first-order valence-corrected chi connectivity index (χ1v) is 4.55. The van der Waals surface area contributed by atoms with Crippen molar-refractivity contribution in [3.8, 4) is 0 Å². The molecule has 2 bridgehead atoms. The van der Waals surface area contributed by atoms with Crippen LogP contribution in [0, 0.1) is 11.8 Å². The van der Waals surface area contributed by atoms with Crippen molar-refractivity contribution < 1.29 is 14.3 Å². The third-order valence-corrected chi connectivity index (χ3v) is 3.41. The second-order valence-electron chi connectivity index (χ2n) is 4.11. The minimum absolute atomic E-state index is 0.0359. The second kappa shape index (κ2) is 1.91. The summed E-state index contributed by atoms with van der Waals surface area (Å²) in [5.74, 6) is 0.426. The van der Waals surface area contributed by atoms with Crippen LogP contribution in [0.2, 0.25) is 0 Å². The van der Waals surface area contributed by atoms with Crippen LogP contribution in [-0.2, 0) is 14.3 Å². The Hall–Kier alpha value is -0.410. The molecule has 3 rings (SSSR count). The average molecular weight is 168 g/mol. The van der Waals surface area contributed by atoms with Crippen LogP contribution in [-0.4, -0.2) is 30.2 Å². The molecule has 0 saturated carbocycles. The lowest BCUT2D eigenvalue weighted by Crippen LogP contribution is -2.44. The summed E-state index contributed by atoms with van der Waals surface area (Å²) in [4.78, 5) is 11.6. The molecule has 0 spiro atoms. The van der Waals surface area contributed by atoms with Gasteiger partial charge in [0.2, 0.25) is 0 Å². The summed E-state index contributed by atoms with van der Waals surface area (Å²) in [5, 5.41) is 0. The van der Waals surface area contributed by atoms with Gasteiger partial charge in [0, 0.05) is 11.8 Å². The molecule has 3 aliphatic rings. The predicted molar refractivity (Wildman–Crippen MR) is 40.7 cm³/mol. The summed E-state index contributed by atoms with van der Waals surface area (Å²) in [5.41, 5.74) is 0. The number of ether oxygens (including phenoxy) is 2. The molecule has 0 aliphatic carbocycles. The van der Waals surface area contributed by atoms with Gasteiger partial charge < -0.3 is 9.47 Å². The Kier molecular flexibility index (Phi) is 1.12. The van der Waals surface area contributed by atoms with Crippen molar-refractivity contribution in [1.29, 1.82) is 0 Å². The second-order valence-corrected chi connectivity index (χ2v) is 4.11. The van der Waals surface area contributed by atoms with Gasteiger partial charge in [0.1, 0.15) is 18.0 Å². The quantitative estimate of drug-likeness (QED) is 0.491. The summed E-state index contributed by atoms with van der Waals surface area (Å²) >= 11 is 0. The van der Waals surface area contributed by atoms with E-state index in [1.54, 1.807) is 0 Å². The van der Waals surface area contributed by atoms with E-state index < -0.39 is 0 Å². The Labute approximate surface area is 71.0 Å². The van der Waals surface area contributed by atoms with Crippen LogP contribution in [0.1, 0.15) is 13.8 Å². The van der Waals surface area contributed by atoms with Crippen LogP contribution in [0.3, 0.4) is 0 Å². The van der Waals surface area contributed by atoms with E-state index in [2.05, 4.69) is 0 Å². The summed E-state index contributed by atoms with van der Waals surface area (Å²) < 4.78 is 11.1. The van der Waals surface area contributed by atoms with Gasteiger partial charge in [-0.3, -0.25) is 4.79 Å². The molecule has 3 heteroatoms. The van der Waals surface area contributed by atoms with E-state index in [0.717, 1.165) is 0 Å². The van der Waals surface area contributed by atoms with Crippen molar-refractivity contribution in [2.45, 2.75) is 38.3 Å². The van der Waals surface area contributed by atoms with Crippen LogP contribution < -0.4 is 0 Å². The molecule has 0 aromatic rings. The van der Waals surface area contributed by atoms with Crippen LogP contribution in [0.25, 0.3) is 0 Å². The smallest absolute Gasteiger partial charge is 0.143 e. The lowest BCUT2D eigenvalue weighted by molar-refractivity contribution is -0.156. The molecule has 3 saturated heterocycles. The minimum atomic E-state index is 0.0359. The van der Waals surface area contributed by atoms with Crippen molar-refractivity contribution in [1.82, 2.24) is 0 Å². The van der Waals surface area contributed by atoms with E-state index in [4.69, 9.17) is 9.47 Å². The first-order valence-electron chi connectivity index (χ1n) is 4.55. The molecular weight excluding hydrogens is 156 g/mol. The first kappa shape index (κ1) is 7.04. The van der Waals surface area contributed by atoms with Gasteiger partial charge in [-0.1, -0.05) is 13.8 Å². The Morgan fingerprint density at radius 1 is 0.917 bits per heavy atom. The van der Waals surface area contributed by atoms with Crippen molar-refractivity contribution in [3.05, 3.63) is 0 Å². The van der Waals surface area contributed by atoms with E-state index in [0.29, 0.717) is 5.78 Å². The highest BCUT2D eigenvalue weighted by atomic mass is 16.7. The number of epoxide rings is 1. The standard InChI is InChI=1S/C9H12O3/c1-3-5(10)4(2)7-9-8(12-9)6(3)11-7/h3-4,6-9H,1-2H3/t3?,4?,6-,7+,8-,9+. The molecule has 0 amide bonds. The molecule has 2 unspecified atom stereocenters. The van der Waals surface area contributed by atoms with E-state index in [1.807, 2.05) is 13.8 Å². The van der Waals surface area contributed by atoms with Crippen molar-refractivity contribution in [3.63, 3.8) is 0 Å². The summed E-state index contributed by atoms with van der Waals surface area (Å²) in [7, 11) is 0. The fraction of sp³-hybridized carbons (Fsp3) is 0.889. The van der Waals surface area contributed by atoms with Crippen LogP contribution in [0.5, 0.6) is 0 Å². The Balaban J connectivity index is 1.98. The molecule has 6 atom stereocenters. The Bertz CT molecular complexity index is 228. The highest BCUT2D eigenvalue weighted by molar-refractivity contribution is 5.85. The molecule has 3 fully saturated rings. The van der Waals surface area contributed by atoms with Gasteiger partial charge in [-0.05, 0) is 0 Å². The predicted octanol–water partition coefficient (Wildman–Crippen LogP) is 0.376. The number of carbonyl (C=O) groups is 1. The van der Waals surface area contributed by atoms with E-state index >= 15 is 0 Å². The van der Waals surface area contributed by atoms with Gasteiger partial charge in [0.15, 0.2) is 0 Å². The van der Waals surface area contributed by atoms with E-state index in [1.165, 1.54) is 0 Å². The van der Waals surface area contributed by atoms with Crippen molar-refractivity contribution in [2.24, 2.45) is 11.8 Å². The maximum absolute atomic E-state index is 11.6. The number of ketones is 1. The Morgan fingerprint density at radius 3 is 1.83 bits per heavy atom.